The third kappa shape index (κ3) is 3.08. The number of anilines is 1. The number of pyridine rings is 1. The van der Waals surface area contributed by atoms with Crippen molar-refractivity contribution in [1.82, 2.24) is 9.38 Å². The van der Waals surface area contributed by atoms with Crippen LogP contribution in [0.25, 0.3) is 5.65 Å². The standard InChI is InChI=1S/C15H14ClN3O2S/c1-11-9-19-8-4-7-14(15(19)17-11)18-22(20,21)10-12-5-2-3-6-13(12)16/h2-9,18H,10H2,1H3. The first-order valence-corrected chi connectivity index (χ1v) is 8.66. The van der Waals surface area contributed by atoms with Gasteiger partial charge in [-0.1, -0.05) is 29.8 Å². The minimum Gasteiger partial charge on any atom is -0.305 e. The van der Waals surface area contributed by atoms with Gasteiger partial charge in [0.2, 0.25) is 10.0 Å². The molecule has 0 saturated carbocycles. The summed E-state index contributed by atoms with van der Waals surface area (Å²) in [4.78, 5) is 4.33. The van der Waals surface area contributed by atoms with Gasteiger partial charge >= 0.3 is 0 Å². The zero-order valence-electron chi connectivity index (χ0n) is 11.8. The highest BCUT2D eigenvalue weighted by atomic mass is 35.5. The van der Waals surface area contributed by atoms with E-state index in [1.165, 1.54) is 0 Å². The van der Waals surface area contributed by atoms with Crippen molar-refractivity contribution in [1.29, 1.82) is 0 Å². The number of nitrogens with one attached hydrogen (secondary N) is 1. The fourth-order valence-corrected chi connectivity index (χ4v) is 3.75. The van der Waals surface area contributed by atoms with Crippen LogP contribution >= 0.6 is 11.6 Å². The van der Waals surface area contributed by atoms with E-state index >= 15 is 0 Å². The molecule has 3 aromatic rings. The van der Waals surface area contributed by atoms with Crippen LogP contribution in [0.2, 0.25) is 5.02 Å². The van der Waals surface area contributed by atoms with Gasteiger partial charge in [0.25, 0.3) is 0 Å². The Bertz CT molecular complexity index is 935. The molecule has 0 atom stereocenters. The van der Waals surface area contributed by atoms with E-state index in [1.807, 2.05) is 19.3 Å². The zero-order valence-corrected chi connectivity index (χ0v) is 13.4. The molecule has 0 fully saturated rings. The number of aromatic nitrogens is 2. The van der Waals surface area contributed by atoms with Crippen LogP contribution in [0.5, 0.6) is 0 Å². The Hall–Kier alpha value is -2.05. The molecule has 0 aliphatic carbocycles. The second-order valence-corrected chi connectivity index (χ2v) is 7.12. The zero-order chi connectivity index (χ0) is 15.7. The molecule has 2 heterocycles. The summed E-state index contributed by atoms with van der Waals surface area (Å²) in [5, 5.41) is 0.433. The quantitative estimate of drug-likeness (QED) is 0.796. The van der Waals surface area contributed by atoms with Gasteiger partial charge in [-0.3, -0.25) is 4.72 Å². The lowest BCUT2D eigenvalue weighted by Gasteiger charge is -2.10. The summed E-state index contributed by atoms with van der Waals surface area (Å²) >= 11 is 6.02. The summed E-state index contributed by atoms with van der Waals surface area (Å²) in [6.45, 7) is 1.86. The number of rotatable bonds is 4. The maximum atomic E-state index is 12.4. The number of halogens is 1. The van der Waals surface area contributed by atoms with Gasteiger partial charge < -0.3 is 4.40 Å². The average Bonchev–Trinajstić information content (AvgIpc) is 2.82. The van der Waals surface area contributed by atoms with E-state index in [1.54, 1.807) is 40.8 Å². The predicted octanol–water partition coefficient (Wildman–Crippen LogP) is 3.24. The minimum atomic E-state index is -3.58. The maximum Gasteiger partial charge on any atom is 0.237 e. The number of aryl methyl sites for hydroxylation is 1. The molecule has 5 nitrogen and oxygen atoms in total. The first-order chi connectivity index (χ1) is 10.4. The monoisotopic (exact) mass is 335 g/mol. The Balaban J connectivity index is 1.92. The van der Waals surface area contributed by atoms with Gasteiger partial charge in [-0.15, -0.1) is 0 Å². The number of sulfonamides is 1. The molecule has 0 unspecified atom stereocenters. The van der Waals surface area contributed by atoms with Crippen molar-refractivity contribution in [2.24, 2.45) is 0 Å². The Morgan fingerprint density at radius 2 is 2.00 bits per heavy atom. The Kier molecular flexibility index (Phi) is 3.80. The van der Waals surface area contributed by atoms with Gasteiger partial charge in [-0.05, 0) is 30.7 Å². The van der Waals surface area contributed by atoms with Crippen LogP contribution in [-0.2, 0) is 15.8 Å². The largest absolute Gasteiger partial charge is 0.305 e. The van der Waals surface area contributed by atoms with E-state index in [0.29, 0.717) is 21.9 Å². The predicted molar refractivity (Wildman–Crippen MR) is 87.6 cm³/mol. The molecule has 7 heteroatoms. The van der Waals surface area contributed by atoms with Gasteiger partial charge in [0.15, 0.2) is 5.65 Å². The van der Waals surface area contributed by atoms with Crippen molar-refractivity contribution in [3.8, 4) is 0 Å². The topological polar surface area (TPSA) is 63.5 Å². The number of benzene rings is 1. The highest BCUT2D eigenvalue weighted by molar-refractivity contribution is 7.91. The summed E-state index contributed by atoms with van der Waals surface area (Å²) in [6.07, 6.45) is 3.66. The summed E-state index contributed by atoms with van der Waals surface area (Å²) < 4.78 is 29.1. The summed E-state index contributed by atoms with van der Waals surface area (Å²) in [7, 11) is -3.58. The molecule has 114 valence electrons. The molecule has 0 bridgehead atoms. The van der Waals surface area contributed by atoms with Gasteiger partial charge in [0, 0.05) is 17.4 Å². The Morgan fingerprint density at radius 1 is 1.23 bits per heavy atom. The van der Waals surface area contributed by atoms with E-state index in [2.05, 4.69) is 9.71 Å². The van der Waals surface area contributed by atoms with Gasteiger partial charge in [0.05, 0.1) is 17.1 Å². The minimum absolute atomic E-state index is 0.187. The molecule has 1 N–H and O–H groups in total. The van der Waals surface area contributed by atoms with Crippen molar-refractivity contribution in [2.45, 2.75) is 12.7 Å². The van der Waals surface area contributed by atoms with Crippen molar-refractivity contribution in [3.05, 3.63) is 65.1 Å². The maximum absolute atomic E-state index is 12.4. The van der Waals surface area contributed by atoms with E-state index in [9.17, 15) is 8.42 Å². The van der Waals surface area contributed by atoms with Crippen LogP contribution in [0.3, 0.4) is 0 Å². The molecular formula is C15H14ClN3O2S. The molecule has 22 heavy (non-hydrogen) atoms. The van der Waals surface area contributed by atoms with Crippen molar-refractivity contribution in [3.63, 3.8) is 0 Å². The summed E-state index contributed by atoms with van der Waals surface area (Å²) in [6, 6.07) is 10.3. The lowest BCUT2D eigenvalue weighted by molar-refractivity contribution is 0.600. The third-order valence-electron chi connectivity index (χ3n) is 3.17. The molecule has 0 aliphatic heterocycles. The fraction of sp³-hybridized carbons (Fsp3) is 0.133. The second-order valence-electron chi connectivity index (χ2n) is 4.99. The third-order valence-corrected chi connectivity index (χ3v) is 4.76. The Labute approximate surface area is 133 Å². The highest BCUT2D eigenvalue weighted by Crippen LogP contribution is 2.21. The lowest BCUT2D eigenvalue weighted by atomic mass is 10.2. The van der Waals surface area contributed by atoms with Crippen LogP contribution in [0, 0.1) is 6.92 Å². The molecule has 0 spiro atoms. The normalized spacial score (nSPS) is 11.7. The number of hydrogen-bond acceptors (Lipinski definition) is 3. The lowest BCUT2D eigenvalue weighted by Crippen LogP contribution is -2.16. The summed E-state index contributed by atoms with van der Waals surface area (Å²) in [5.74, 6) is -0.187. The highest BCUT2D eigenvalue weighted by Gasteiger charge is 2.16. The van der Waals surface area contributed by atoms with E-state index in [0.717, 1.165) is 5.69 Å². The van der Waals surface area contributed by atoms with Crippen molar-refractivity contribution in [2.75, 3.05) is 4.72 Å². The van der Waals surface area contributed by atoms with Crippen molar-refractivity contribution < 1.29 is 8.42 Å². The van der Waals surface area contributed by atoms with E-state index < -0.39 is 10.0 Å². The smallest absolute Gasteiger partial charge is 0.237 e. The van der Waals surface area contributed by atoms with Gasteiger partial charge in [-0.2, -0.15) is 0 Å². The van der Waals surface area contributed by atoms with Crippen molar-refractivity contribution >= 4 is 33.0 Å². The molecule has 1 aromatic carbocycles. The van der Waals surface area contributed by atoms with E-state index in [4.69, 9.17) is 11.6 Å². The molecule has 0 amide bonds. The van der Waals surface area contributed by atoms with Gasteiger partial charge in [-0.25, -0.2) is 13.4 Å². The summed E-state index contributed by atoms with van der Waals surface area (Å²) in [5.41, 5.74) is 2.39. The fourth-order valence-electron chi connectivity index (χ4n) is 2.24. The molecule has 3 rings (SSSR count). The molecule has 0 radical (unpaired) electrons. The molecule has 2 aromatic heterocycles. The Morgan fingerprint density at radius 3 is 2.77 bits per heavy atom. The molecule has 0 aliphatic rings. The van der Waals surface area contributed by atoms with Crippen LogP contribution in [0.4, 0.5) is 5.69 Å². The first kappa shape index (κ1) is 14.9. The van der Waals surface area contributed by atoms with Crippen LogP contribution in [0.15, 0.2) is 48.8 Å². The van der Waals surface area contributed by atoms with E-state index in [-0.39, 0.29) is 5.75 Å². The number of nitrogens with zero attached hydrogens (tertiary/aromatic N) is 2. The number of fused-ring (bicyclic) bond motifs is 1. The number of imidazole rings is 1. The molecular weight excluding hydrogens is 322 g/mol. The molecule has 0 saturated heterocycles. The van der Waals surface area contributed by atoms with Crippen LogP contribution < -0.4 is 4.72 Å². The second kappa shape index (κ2) is 5.62. The number of hydrogen-bond donors (Lipinski definition) is 1. The van der Waals surface area contributed by atoms with Crippen LogP contribution in [-0.4, -0.2) is 17.8 Å². The first-order valence-electron chi connectivity index (χ1n) is 6.63. The van der Waals surface area contributed by atoms with Gasteiger partial charge in [0.1, 0.15) is 0 Å². The SMILES string of the molecule is Cc1cn2cccc(NS(=O)(=O)Cc3ccccc3Cl)c2n1. The van der Waals surface area contributed by atoms with Crippen LogP contribution in [0.1, 0.15) is 11.3 Å². The average molecular weight is 336 g/mol.